The topological polar surface area (TPSA) is 126 Å². The Labute approximate surface area is 110 Å². The number of methoxy groups -OCH3 is 1. The second kappa shape index (κ2) is 8.16. The maximum Gasteiger partial charge on any atom is 0.349 e. The molecule has 1 aromatic heterocycles. The Kier molecular flexibility index (Phi) is 6.85. The molecule has 0 amide bonds. The van der Waals surface area contributed by atoms with Gasteiger partial charge in [-0.25, -0.2) is 4.79 Å². The molecule has 0 radical (unpaired) electrons. The first-order valence-corrected chi connectivity index (χ1v) is 6.54. The molecule has 108 valence electrons. The van der Waals surface area contributed by atoms with Crippen LogP contribution in [0.15, 0.2) is 17.1 Å². The van der Waals surface area contributed by atoms with Crippen LogP contribution in [0.25, 0.3) is 0 Å². The summed E-state index contributed by atoms with van der Waals surface area (Å²) in [6.07, 6.45) is 1.55. The zero-order valence-corrected chi connectivity index (χ0v) is 11.2. The molecule has 0 saturated carbocycles. The average Bonchev–Trinajstić information content (AvgIpc) is 2.39. The van der Waals surface area contributed by atoms with Crippen LogP contribution in [-0.4, -0.2) is 44.4 Å². The highest BCUT2D eigenvalue weighted by Gasteiger charge is 2.11. The highest BCUT2D eigenvalue weighted by Crippen LogP contribution is 2.24. The minimum atomic E-state index is -2.41. The average molecular weight is 293 g/mol. The third-order valence-electron chi connectivity index (χ3n) is 2.39. The van der Waals surface area contributed by atoms with Gasteiger partial charge in [0, 0.05) is 19.9 Å². The number of nitrogens with one attached hydrogen (secondary N) is 1. The van der Waals surface area contributed by atoms with Gasteiger partial charge in [-0.1, -0.05) is 0 Å². The number of aromatic nitrogens is 2. The Morgan fingerprint density at radius 3 is 2.84 bits per heavy atom. The van der Waals surface area contributed by atoms with Gasteiger partial charge < -0.3 is 19.0 Å². The van der Waals surface area contributed by atoms with Crippen molar-refractivity contribution in [2.24, 2.45) is 0 Å². The van der Waals surface area contributed by atoms with E-state index in [1.54, 1.807) is 5.48 Å². The molecular formula is C9H16N3O6P. The smallest absolute Gasteiger partial charge is 0.349 e. The molecule has 0 bridgehead atoms. The minimum Gasteiger partial charge on any atom is -0.379 e. The van der Waals surface area contributed by atoms with Crippen molar-refractivity contribution in [3.05, 3.63) is 22.7 Å². The Hall–Kier alpha value is -1.09. The minimum absolute atomic E-state index is 0.0215. The zero-order valence-electron chi connectivity index (χ0n) is 10.3. The second-order valence-corrected chi connectivity index (χ2v) is 4.36. The van der Waals surface area contributed by atoms with Crippen LogP contribution in [0.4, 0.5) is 5.82 Å². The highest BCUT2D eigenvalue weighted by atomic mass is 31.2. The Morgan fingerprint density at radius 1 is 1.58 bits per heavy atom. The predicted octanol–water partition coefficient (Wildman–Crippen LogP) is -0.322. The summed E-state index contributed by atoms with van der Waals surface area (Å²) in [5.74, 6) is 0.0686. The number of rotatable bonds is 8. The molecule has 9 nitrogen and oxygen atoms in total. The molecule has 1 heterocycles. The van der Waals surface area contributed by atoms with Gasteiger partial charge in [0.2, 0.25) is 0 Å². The summed E-state index contributed by atoms with van der Waals surface area (Å²) in [6, 6.07) is 1.44. The molecule has 10 heteroatoms. The van der Waals surface area contributed by atoms with Gasteiger partial charge in [0.25, 0.3) is 0 Å². The third-order valence-corrected chi connectivity index (χ3v) is 2.77. The number of anilines is 1. The van der Waals surface area contributed by atoms with Crippen LogP contribution < -0.4 is 11.2 Å². The Morgan fingerprint density at radius 2 is 2.32 bits per heavy atom. The van der Waals surface area contributed by atoms with Crippen molar-refractivity contribution < 1.29 is 24.3 Å². The number of nitrogens with zero attached hydrogens (tertiary/aromatic N) is 2. The zero-order chi connectivity index (χ0) is 14.3. The van der Waals surface area contributed by atoms with Crippen molar-refractivity contribution in [1.29, 1.82) is 0 Å². The van der Waals surface area contributed by atoms with Gasteiger partial charge in [0.15, 0.2) is 5.82 Å². The van der Waals surface area contributed by atoms with Crippen molar-refractivity contribution in [3.8, 4) is 0 Å². The first-order valence-electron chi connectivity index (χ1n) is 5.38. The molecule has 0 aliphatic rings. The molecule has 1 unspecified atom stereocenters. The van der Waals surface area contributed by atoms with E-state index in [0.717, 1.165) is 0 Å². The fraction of sp³-hybridized carbons (Fsp3) is 0.556. The molecule has 0 aliphatic heterocycles. The predicted molar refractivity (Wildman–Crippen MR) is 66.6 cm³/mol. The van der Waals surface area contributed by atoms with E-state index >= 15 is 0 Å². The standard InChI is InChI=1S/C9H16N3O6P/c1-17-7(6-18-19(15)16)2-4-12-5-3-8(11-14)10-9(12)13/h3,5,7,14-16H,2,4,6H2,1H3,(H,10,11,13). The maximum atomic E-state index is 11.5. The SMILES string of the molecule is COC(CCn1ccc(NO)nc1=O)COP(O)O. The molecule has 1 aromatic rings. The molecule has 4 N–H and O–H groups in total. The maximum absolute atomic E-state index is 11.5. The molecule has 1 rings (SSSR count). The van der Waals surface area contributed by atoms with Gasteiger partial charge in [0.05, 0.1) is 12.7 Å². The molecule has 0 fully saturated rings. The fourth-order valence-corrected chi connectivity index (χ4v) is 1.66. The van der Waals surface area contributed by atoms with E-state index in [4.69, 9.17) is 19.7 Å². The number of hydrogen-bond donors (Lipinski definition) is 4. The van der Waals surface area contributed by atoms with Crippen molar-refractivity contribution in [2.75, 3.05) is 19.2 Å². The molecule has 0 spiro atoms. The first kappa shape index (κ1) is 16.0. The summed E-state index contributed by atoms with van der Waals surface area (Å²) in [5, 5.41) is 8.59. The van der Waals surface area contributed by atoms with Gasteiger partial charge in [0.1, 0.15) is 0 Å². The lowest BCUT2D eigenvalue weighted by Crippen LogP contribution is -2.26. The van der Waals surface area contributed by atoms with Crippen molar-refractivity contribution in [3.63, 3.8) is 0 Å². The van der Waals surface area contributed by atoms with Crippen LogP contribution in [0.3, 0.4) is 0 Å². The van der Waals surface area contributed by atoms with Crippen molar-refractivity contribution in [1.82, 2.24) is 9.55 Å². The number of ether oxygens (including phenoxy) is 1. The lowest BCUT2D eigenvalue weighted by atomic mass is 10.2. The third kappa shape index (κ3) is 5.60. The van der Waals surface area contributed by atoms with Crippen LogP contribution in [0, 0.1) is 0 Å². The summed E-state index contributed by atoms with van der Waals surface area (Å²) >= 11 is 0. The van der Waals surface area contributed by atoms with E-state index < -0.39 is 14.3 Å². The summed E-state index contributed by atoms with van der Waals surface area (Å²) in [5.41, 5.74) is 1.27. The quantitative estimate of drug-likeness (QED) is 0.379. The van der Waals surface area contributed by atoms with Crippen molar-refractivity contribution >= 4 is 14.4 Å². The van der Waals surface area contributed by atoms with E-state index in [0.29, 0.717) is 13.0 Å². The van der Waals surface area contributed by atoms with Crippen LogP contribution in [-0.2, 0) is 15.8 Å². The van der Waals surface area contributed by atoms with Gasteiger partial charge in [-0.3, -0.25) is 15.3 Å². The van der Waals surface area contributed by atoms with Gasteiger partial charge in [-0.2, -0.15) is 4.98 Å². The molecular weight excluding hydrogens is 277 g/mol. The lowest BCUT2D eigenvalue weighted by Gasteiger charge is -2.16. The number of aryl methyl sites for hydroxylation is 1. The van der Waals surface area contributed by atoms with Gasteiger partial charge in [-0.05, 0) is 12.5 Å². The Bertz CT molecular complexity index is 440. The summed E-state index contributed by atoms with van der Waals surface area (Å²) in [4.78, 5) is 32.3. The summed E-state index contributed by atoms with van der Waals surface area (Å²) in [6.45, 7) is 0.349. The molecule has 19 heavy (non-hydrogen) atoms. The molecule has 1 atom stereocenters. The monoisotopic (exact) mass is 293 g/mol. The Balaban J connectivity index is 2.52. The van der Waals surface area contributed by atoms with E-state index in [9.17, 15) is 4.79 Å². The van der Waals surface area contributed by atoms with Gasteiger partial charge in [-0.15, -0.1) is 0 Å². The van der Waals surface area contributed by atoms with E-state index in [2.05, 4.69) is 9.51 Å². The largest absolute Gasteiger partial charge is 0.379 e. The summed E-state index contributed by atoms with van der Waals surface area (Å²) < 4.78 is 11.1. The van der Waals surface area contributed by atoms with E-state index in [1.807, 2.05) is 0 Å². The number of hydrogen-bond acceptors (Lipinski definition) is 8. The lowest BCUT2D eigenvalue weighted by molar-refractivity contribution is 0.0444. The highest BCUT2D eigenvalue weighted by molar-refractivity contribution is 7.39. The normalized spacial score (nSPS) is 12.7. The molecule has 0 aliphatic carbocycles. The molecule has 0 saturated heterocycles. The first-order chi connectivity index (χ1) is 9.06. The fourth-order valence-electron chi connectivity index (χ4n) is 1.36. The van der Waals surface area contributed by atoms with Crippen LogP contribution in [0.1, 0.15) is 6.42 Å². The van der Waals surface area contributed by atoms with Crippen LogP contribution in [0.5, 0.6) is 0 Å². The summed E-state index contributed by atoms with van der Waals surface area (Å²) in [7, 11) is -0.950. The van der Waals surface area contributed by atoms with Crippen LogP contribution >= 0.6 is 8.60 Å². The van der Waals surface area contributed by atoms with Crippen molar-refractivity contribution in [2.45, 2.75) is 19.1 Å². The van der Waals surface area contributed by atoms with Crippen LogP contribution in [0.2, 0.25) is 0 Å². The van der Waals surface area contributed by atoms with E-state index in [-0.39, 0.29) is 18.5 Å². The van der Waals surface area contributed by atoms with Gasteiger partial charge >= 0.3 is 14.3 Å². The molecule has 0 aromatic carbocycles. The second-order valence-electron chi connectivity index (χ2n) is 3.60. The van der Waals surface area contributed by atoms with E-state index in [1.165, 1.54) is 23.9 Å².